The maximum absolute atomic E-state index is 12.5. The number of Topliss-reactive ketones (excluding diaryl/α,β-unsaturated/α-hetero) is 1. The van der Waals surface area contributed by atoms with Crippen LogP contribution in [0.25, 0.3) is 0 Å². The predicted molar refractivity (Wildman–Crippen MR) is 63.9 cm³/mol. The monoisotopic (exact) mass is 211 g/mol. The zero-order valence-corrected chi connectivity index (χ0v) is 10.4. The fourth-order valence-electron chi connectivity index (χ4n) is 2.75. The second-order valence-electron chi connectivity index (χ2n) is 4.79. The highest BCUT2D eigenvalue weighted by Gasteiger charge is 2.39. The van der Waals surface area contributed by atoms with Crippen molar-refractivity contribution >= 4 is 5.78 Å². The minimum absolute atomic E-state index is 0.0467. The van der Waals surface area contributed by atoms with E-state index in [4.69, 9.17) is 0 Å². The van der Waals surface area contributed by atoms with Crippen LogP contribution in [0.15, 0.2) is 0 Å². The minimum atomic E-state index is -0.0467. The van der Waals surface area contributed by atoms with Crippen molar-refractivity contribution in [2.24, 2.45) is 11.3 Å². The van der Waals surface area contributed by atoms with Crippen LogP contribution in [-0.4, -0.2) is 18.9 Å². The molecule has 0 aliphatic carbocycles. The van der Waals surface area contributed by atoms with Crippen molar-refractivity contribution in [2.45, 2.75) is 52.9 Å². The summed E-state index contributed by atoms with van der Waals surface area (Å²) in [6.45, 7) is 8.40. The van der Waals surface area contributed by atoms with E-state index < -0.39 is 0 Å². The summed E-state index contributed by atoms with van der Waals surface area (Å²) in [6.07, 6.45) is 5.23. The quantitative estimate of drug-likeness (QED) is 0.757. The molecule has 1 saturated heterocycles. The van der Waals surface area contributed by atoms with Crippen LogP contribution in [0, 0.1) is 11.3 Å². The van der Waals surface area contributed by atoms with E-state index in [9.17, 15) is 4.79 Å². The first-order valence-electron chi connectivity index (χ1n) is 6.45. The van der Waals surface area contributed by atoms with E-state index >= 15 is 0 Å². The highest BCUT2D eigenvalue weighted by atomic mass is 16.1. The molecule has 2 nitrogen and oxygen atoms in total. The molecule has 0 aromatic heterocycles. The van der Waals surface area contributed by atoms with Gasteiger partial charge in [-0.3, -0.25) is 4.79 Å². The van der Waals surface area contributed by atoms with E-state index in [1.54, 1.807) is 0 Å². The van der Waals surface area contributed by atoms with Gasteiger partial charge in [0, 0.05) is 17.9 Å². The Balaban J connectivity index is 2.75. The van der Waals surface area contributed by atoms with Crippen LogP contribution in [0.5, 0.6) is 0 Å². The van der Waals surface area contributed by atoms with Gasteiger partial charge in [-0.2, -0.15) is 0 Å². The Labute approximate surface area is 93.8 Å². The Kier molecular flexibility index (Phi) is 4.78. The van der Waals surface area contributed by atoms with E-state index in [2.05, 4.69) is 26.1 Å². The predicted octanol–water partition coefficient (Wildman–Crippen LogP) is 2.77. The number of carbonyl (C=O) groups is 1. The lowest BCUT2D eigenvalue weighted by atomic mass is 9.70. The molecular formula is C13H25NO. The summed E-state index contributed by atoms with van der Waals surface area (Å²) in [4.78, 5) is 12.5. The van der Waals surface area contributed by atoms with E-state index in [1.165, 1.54) is 0 Å². The molecule has 1 unspecified atom stereocenters. The van der Waals surface area contributed by atoms with Crippen LogP contribution in [0.1, 0.15) is 52.9 Å². The van der Waals surface area contributed by atoms with Crippen LogP contribution < -0.4 is 5.32 Å². The zero-order valence-electron chi connectivity index (χ0n) is 10.4. The highest BCUT2D eigenvalue weighted by molar-refractivity contribution is 5.87. The van der Waals surface area contributed by atoms with Gasteiger partial charge >= 0.3 is 0 Å². The average molecular weight is 211 g/mol. The SMILES string of the molecule is CCC(CC)C(=O)C1(CC)CCCNC1. The topological polar surface area (TPSA) is 29.1 Å². The first kappa shape index (κ1) is 12.7. The van der Waals surface area contributed by atoms with Crippen molar-refractivity contribution in [2.75, 3.05) is 13.1 Å². The standard InChI is InChI=1S/C13H25NO/c1-4-11(5-2)12(15)13(6-3)8-7-9-14-10-13/h11,14H,4-10H2,1-3H3. The molecule has 1 atom stereocenters. The first-order valence-corrected chi connectivity index (χ1v) is 6.45. The van der Waals surface area contributed by atoms with Gasteiger partial charge in [0.15, 0.2) is 0 Å². The third kappa shape index (κ3) is 2.60. The summed E-state index contributed by atoms with van der Waals surface area (Å²) in [5.41, 5.74) is -0.0467. The summed E-state index contributed by atoms with van der Waals surface area (Å²) in [6, 6.07) is 0. The molecule has 0 radical (unpaired) electrons. The Morgan fingerprint density at radius 2 is 2.00 bits per heavy atom. The lowest BCUT2D eigenvalue weighted by molar-refractivity contribution is -0.134. The molecule has 0 aromatic carbocycles. The van der Waals surface area contributed by atoms with Gasteiger partial charge < -0.3 is 5.32 Å². The number of hydrogen-bond acceptors (Lipinski definition) is 2. The summed E-state index contributed by atoms with van der Waals surface area (Å²) >= 11 is 0. The number of carbonyl (C=O) groups excluding carboxylic acids is 1. The second kappa shape index (κ2) is 5.64. The lowest BCUT2D eigenvalue weighted by Crippen LogP contribution is -2.47. The molecular weight excluding hydrogens is 186 g/mol. The van der Waals surface area contributed by atoms with Gasteiger partial charge in [-0.25, -0.2) is 0 Å². The van der Waals surface area contributed by atoms with E-state index in [1.807, 2.05) is 0 Å². The first-order chi connectivity index (χ1) is 7.20. The average Bonchev–Trinajstić information content (AvgIpc) is 2.31. The molecule has 1 fully saturated rings. The molecule has 1 aliphatic rings. The number of ketones is 1. The fourth-order valence-corrected chi connectivity index (χ4v) is 2.75. The van der Waals surface area contributed by atoms with Gasteiger partial charge in [0.05, 0.1) is 0 Å². The Morgan fingerprint density at radius 3 is 2.40 bits per heavy atom. The molecule has 1 rings (SSSR count). The Bertz CT molecular complexity index is 203. The van der Waals surface area contributed by atoms with Crippen LogP contribution >= 0.6 is 0 Å². The van der Waals surface area contributed by atoms with Crippen LogP contribution in [0.2, 0.25) is 0 Å². The number of piperidine rings is 1. The molecule has 0 amide bonds. The van der Waals surface area contributed by atoms with E-state index in [0.717, 1.165) is 45.2 Å². The smallest absolute Gasteiger partial charge is 0.143 e. The van der Waals surface area contributed by atoms with Crippen LogP contribution in [0.3, 0.4) is 0 Å². The van der Waals surface area contributed by atoms with Gasteiger partial charge in [0.1, 0.15) is 5.78 Å². The molecule has 0 saturated carbocycles. The van der Waals surface area contributed by atoms with Crippen molar-refractivity contribution in [3.05, 3.63) is 0 Å². The van der Waals surface area contributed by atoms with Gasteiger partial charge in [-0.15, -0.1) is 0 Å². The molecule has 1 heterocycles. The molecule has 2 heteroatoms. The summed E-state index contributed by atoms with van der Waals surface area (Å²) < 4.78 is 0. The zero-order chi connectivity index (χ0) is 11.3. The van der Waals surface area contributed by atoms with Crippen molar-refractivity contribution < 1.29 is 4.79 Å². The Hall–Kier alpha value is -0.370. The van der Waals surface area contributed by atoms with Crippen molar-refractivity contribution in [1.82, 2.24) is 5.32 Å². The molecule has 1 aliphatic heterocycles. The maximum atomic E-state index is 12.5. The van der Waals surface area contributed by atoms with Gasteiger partial charge in [0.2, 0.25) is 0 Å². The third-order valence-corrected chi connectivity index (χ3v) is 4.03. The Morgan fingerprint density at radius 1 is 1.33 bits per heavy atom. The maximum Gasteiger partial charge on any atom is 0.143 e. The number of hydrogen-bond donors (Lipinski definition) is 1. The lowest BCUT2D eigenvalue weighted by Gasteiger charge is -2.37. The van der Waals surface area contributed by atoms with Crippen molar-refractivity contribution in [3.63, 3.8) is 0 Å². The van der Waals surface area contributed by atoms with Gasteiger partial charge in [-0.05, 0) is 38.6 Å². The number of rotatable bonds is 5. The summed E-state index contributed by atoms with van der Waals surface area (Å²) in [7, 11) is 0. The van der Waals surface area contributed by atoms with Gasteiger partial charge in [0.25, 0.3) is 0 Å². The van der Waals surface area contributed by atoms with Crippen LogP contribution in [-0.2, 0) is 4.79 Å². The number of nitrogens with one attached hydrogen (secondary N) is 1. The van der Waals surface area contributed by atoms with E-state index in [-0.39, 0.29) is 11.3 Å². The molecule has 0 spiro atoms. The second-order valence-corrected chi connectivity index (χ2v) is 4.79. The summed E-state index contributed by atoms with van der Waals surface area (Å²) in [5.74, 6) is 0.798. The van der Waals surface area contributed by atoms with Crippen molar-refractivity contribution in [3.8, 4) is 0 Å². The van der Waals surface area contributed by atoms with Crippen molar-refractivity contribution in [1.29, 1.82) is 0 Å². The normalized spacial score (nSPS) is 26.9. The summed E-state index contributed by atoms with van der Waals surface area (Å²) in [5, 5.41) is 3.39. The fraction of sp³-hybridized carbons (Fsp3) is 0.923. The molecule has 88 valence electrons. The highest BCUT2D eigenvalue weighted by Crippen LogP contribution is 2.35. The molecule has 0 aromatic rings. The van der Waals surface area contributed by atoms with Gasteiger partial charge in [-0.1, -0.05) is 20.8 Å². The molecule has 1 N–H and O–H groups in total. The molecule has 15 heavy (non-hydrogen) atoms. The minimum Gasteiger partial charge on any atom is -0.316 e. The van der Waals surface area contributed by atoms with Crippen LogP contribution in [0.4, 0.5) is 0 Å². The largest absolute Gasteiger partial charge is 0.316 e. The van der Waals surface area contributed by atoms with E-state index in [0.29, 0.717) is 5.78 Å². The molecule has 0 bridgehead atoms. The third-order valence-electron chi connectivity index (χ3n) is 4.03.